The zero-order valence-electron chi connectivity index (χ0n) is 64.1. The van der Waals surface area contributed by atoms with Crippen molar-refractivity contribution in [3.8, 4) is 0 Å². The Kier molecular flexibility index (Phi) is 42.3. The number of nitrogens with one attached hydrogen (secondary N) is 16. The molecule has 0 spiro atoms. The molecular weight excluding hydrogens is 1400 g/mol. The summed E-state index contributed by atoms with van der Waals surface area (Å²) in [5.41, 5.74) is 11.9. The average molecular weight is 1520 g/mol. The van der Waals surface area contributed by atoms with Gasteiger partial charge in [-0.1, -0.05) is 103 Å². The quantitative estimate of drug-likeness (QED) is 0.0289. The Morgan fingerprint density at radius 1 is 0.402 bits per heavy atom. The third-order valence-corrected chi connectivity index (χ3v) is 16.5. The van der Waals surface area contributed by atoms with Gasteiger partial charge in [-0.25, -0.2) is 9.78 Å². The third kappa shape index (κ3) is 35.8. The highest BCUT2D eigenvalue weighted by molar-refractivity contribution is 6.00. The second-order valence-electron chi connectivity index (χ2n) is 28.8. The smallest absolute Gasteiger partial charge is 0.326 e. The molecule has 0 aliphatic rings. The second-order valence-corrected chi connectivity index (χ2v) is 28.8. The predicted molar refractivity (Wildman–Crippen MR) is 386 cm³/mol. The lowest BCUT2D eigenvalue weighted by atomic mass is 9.96. The van der Waals surface area contributed by atoms with Crippen molar-refractivity contribution in [3.63, 3.8) is 0 Å². The molecular formula is C68H117N19O20. The van der Waals surface area contributed by atoms with Gasteiger partial charge in [0.05, 0.1) is 51.6 Å². The van der Waals surface area contributed by atoms with E-state index in [4.69, 9.17) is 11.5 Å². The lowest BCUT2D eigenvalue weighted by molar-refractivity contribution is -0.142. The summed E-state index contributed by atoms with van der Waals surface area (Å²) in [4.78, 5) is 232. The molecule has 0 aromatic carbocycles. The minimum atomic E-state index is -1.85. The molecule has 16 amide bonds. The van der Waals surface area contributed by atoms with Crippen molar-refractivity contribution in [2.24, 2.45) is 52.9 Å². The number of imidazole rings is 1. The standard InChI is InChI=1S/C68H117N19O20/c1-17-37(14)55(87-58(96)41(69)18-31(2)3)67(105)77-38(15)56(94)73-27-52(93)86-54(36(12)13)66(104)84-47(28-88)59(97)74-25-50(91)72-26-51(92)85-53(35(10)11)65(103)81-44(21-34(8)9)62(100)83-48(29-89)64(102)80-45(23-49(70)90)63(101)79-42(19-32(4)5)60(98)76-39(16)57(95)78-43(20-33(6)7)61(99)82-46(68(106)107)22-40-24-71-30-75-40/h24,30-39,41-48,53-55,88-89H,17-23,25-29,69H2,1-16H3,(H2,70,90)(H,71,75)(H,72,91)(H,73,94)(H,74,97)(H,76,98)(H,77,105)(H,78,95)(H,79,101)(H,80,102)(H,81,103)(H,82,99)(H,83,100)(H,84,104)(H,85,92)(H,86,93)(H,87,96)(H,106,107)/t37-,38-,39-,41-,42-,43-,44-,45-,46-,47-,48-,53-,54-,55-/m0/s1. The number of aliphatic hydroxyl groups is 2. The molecule has 1 aromatic heterocycles. The van der Waals surface area contributed by atoms with Crippen molar-refractivity contribution in [2.75, 3.05) is 32.8 Å². The zero-order chi connectivity index (χ0) is 81.9. The van der Waals surface area contributed by atoms with Crippen LogP contribution in [0.2, 0.25) is 0 Å². The molecule has 39 heteroatoms. The van der Waals surface area contributed by atoms with Crippen LogP contribution in [0.3, 0.4) is 0 Å². The summed E-state index contributed by atoms with van der Waals surface area (Å²) >= 11 is 0. The van der Waals surface area contributed by atoms with Crippen LogP contribution < -0.4 is 91.2 Å². The van der Waals surface area contributed by atoms with E-state index in [2.05, 4.69) is 89.7 Å². The lowest BCUT2D eigenvalue weighted by Gasteiger charge is -2.28. The summed E-state index contributed by atoms with van der Waals surface area (Å²) in [5.74, 6) is -18.4. The van der Waals surface area contributed by atoms with Gasteiger partial charge in [0.25, 0.3) is 0 Å². The van der Waals surface area contributed by atoms with Crippen LogP contribution in [-0.2, 0) is 87.9 Å². The first kappa shape index (κ1) is 95.1. The molecule has 1 aromatic rings. The minimum absolute atomic E-state index is 0.0644. The van der Waals surface area contributed by atoms with Gasteiger partial charge >= 0.3 is 5.97 Å². The van der Waals surface area contributed by atoms with E-state index in [9.17, 15) is 96.8 Å². The SMILES string of the molecule is CC[C@H](C)[C@H](NC(=O)[C@@H](N)CC(C)C)C(=O)N[C@@H](C)C(=O)NCC(=O)N[C@H](C(=O)N[C@@H](CO)C(=O)NCC(=O)NCC(=O)N[C@H](C(=O)N[C@@H](CC(C)C)C(=O)N[C@@H](CO)C(=O)N[C@@H](CC(N)=O)C(=O)N[C@@H](CC(C)C)C(=O)N[C@@H](C)C(=O)N[C@@H](CC(C)C)C(=O)N[C@@H](Cc1cnc[nH]1)C(=O)O)C(C)C)C(C)C. The fourth-order valence-electron chi connectivity index (χ4n) is 10.3. The van der Waals surface area contributed by atoms with E-state index >= 15 is 0 Å². The van der Waals surface area contributed by atoms with Crippen LogP contribution >= 0.6 is 0 Å². The molecule has 604 valence electrons. The minimum Gasteiger partial charge on any atom is -0.480 e. The van der Waals surface area contributed by atoms with Crippen molar-refractivity contribution in [2.45, 2.75) is 234 Å². The van der Waals surface area contributed by atoms with Gasteiger partial charge < -0.3 is 112 Å². The first-order chi connectivity index (χ1) is 49.8. The van der Waals surface area contributed by atoms with Crippen molar-refractivity contribution < 1.29 is 96.8 Å². The highest BCUT2D eigenvalue weighted by atomic mass is 16.4. The first-order valence-corrected chi connectivity index (χ1v) is 35.8. The number of aliphatic carboxylic acids is 1. The fourth-order valence-corrected chi connectivity index (χ4v) is 10.3. The van der Waals surface area contributed by atoms with Crippen LogP contribution in [-0.4, -0.2) is 237 Å². The molecule has 14 atom stereocenters. The van der Waals surface area contributed by atoms with Crippen molar-refractivity contribution in [1.29, 1.82) is 0 Å². The number of carboxylic acids is 1. The molecule has 0 radical (unpaired) electrons. The van der Waals surface area contributed by atoms with Gasteiger partial charge in [0.2, 0.25) is 94.5 Å². The molecule has 23 N–H and O–H groups in total. The number of nitrogens with two attached hydrogens (primary N) is 2. The number of carbonyl (C=O) groups is 17. The molecule has 1 rings (SSSR count). The maximum atomic E-state index is 13.9. The Morgan fingerprint density at radius 3 is 1.21 bits per heavy atom. The molecule has 0 unspecified atom stereocenters. The molecule has 0 saturated carbocycles. The zero-order valence-corrected chi connectivity index (χ0v) is 64.1. The Bertz CT molecular complexity index is 3190. The summed E-state index contributed by atoms with van der Waals surface area (Å²) in [6.45, 7) is 22.2. The monoisotopic (exact) mass is 1520 g/mol. The molecule has 107 heavy (non-hydrogen) atoms. The highest BCUT2D eigenvalue weighted by Gasteiger charge is 2.38. The first-order valence-electron chi connectivity index (χ1n) is 35.8. The van der Waals surface area contributed by atoms with Crippen LogP contribution in [0.25, 0.3) is 0 Å². The molecule has 0 fully saturated rings. The summed E-state index contributed by atoms with van der Waals surface area (Å²) < 4.78 is 0. The van der Waals surface area contributed by atoms with Gasteiger partial charge in [-0.15, -0.1) is 0 Å². The van der Waals surface area contributed by atoms with E-state index in [0.29, 0.717) is 18.5 Å². The summed E-state index contributed by atoms with van der Waals surface area (Å²) in [6, 6.07) is -18.0. The van der Waals surface area contributed by atoms with Gasteiger partial charge in [-0.3, -0.25) is 76.7 Å². The maximum absolute atomic E-state index is 13.9. The lowest BCUT2D eigenvalue weighted by Crippen LogP contribution is -2.61. The number of hydrogen-bond donors (Lipinski definition) is 21. The number of carbonyl (C=O) groups excluding carboxylic acids is 16. The molecule has 0 aliphatic carbocycles. The number of rotatable bonds is 49. The fraction of sp³-hybridized carbons (Fsp3) is 0.706. The number of nitrogens with zero attached hydrogens (tertiary/aromatic N) is 1. The average Bonchev–Trinajstić information content (AvgIpc) is 1.13. The number of aromatic nitrogens is 2. The molecule has 0 aliphatic heterocycles. The van der Waals surface area contributed by atoms with Crippen LogP contribution in [0.15, 0.2) is 12.5 Å². The largest absolute Gasteiger partial charge is 0.480 e. The highest BCUT2D eigenvalue weighted by Crippen LogP contribution is 2.14. The maximum Gasteiger partial charge on any atom is 0.326 e. The summed E-state index contributed by atoms with van der Waals surface area (Å²) in [7, 11) is 0. The van der Waals surface area contributed by atoms with Gasteiger partial charge in [0, 0.05) is 18.3 Å². The Morgan fingerprint density at radius 2 is 0.766 bits per heavy atom. The molecule has 1 heterocycles. The number of amides is 16. The Hall–Kier alpha value is -9.92. The number of hydrogen-bond acceptors (Lipinski definition) is 21. The van der Waals surface area contributed by atoms with E-state index in [-0.39, 0.29) is 55.3 Å². The second kappa shape index (κ2) is 47.6. The van der Waals surface area contributed by atoms with Crippen LogP contribution in [0.4, 0.5) is 0 Å². The number of carboxylic acid groups (broad SMARTS) is 1. The Balaban J connectivity index is 3.03. The third-order valence-electron chi connectivity index (χ3n) is 16.5. The summed E-state index contributed by atoms with van der Waals surface area (Å²) in [6.07, 6.45) is 2.50. The van der Waals surface area contributed by atoms with Crippen LogP contribution in [0.5, 0.6) is 0 Å². The van der Waals surface area contributed by atoms with Crippen LogP contribution in [0, 0.1) is 41.4 Å². The molecule has 39 nitrogen and oxygen atoms in total. The topological polar surface area (TPSA) is 612 Å². The number of aromatic amines is 1. The van der Waals surface area contributed by atoms with Gasteiger partial charge in [-0.05, 0) is 81.0 Å². The van der Waals surface area contributed by atoms with E-state index in [1.807, 2.05) is 20.8 Å². The van der Waals surface area contributed by atoms with Gasteiger partial charge in [0.15, 0.2) is 0 Å². The van der Waals surface area contributed by atoms with E-state index in [0.717, 1.165) is 0 Å². The van der Waals surface area contributed by atoms with Gasteiger partial charge in [0.1, 0.15) is 72.5 Å². The van der Waals surface area contributed by atoms with Crippen molar-refractivity contribution >= 4 is 100 Å². The predicted octanol–water partition coefficient (Wildman–Crippen LogP) is -6.03. The van der Waals surface area contributed by atoms with Crippen LogP contribution in [0.1, 0.15) is 155 Å². The molecule has 0 bridgehead atoms. The number of primary amides is 1. The van der Waals surface area contributed by atoms with Gasteiger partial charge in [-0.2, -0.15) is 0 Å². The molecule has 0 saturated heterocycles. The van der Waals surface area contributed by atoms with E-state index in [1.165, 1.54) is 26.4 Å². The number of H-pyrrole nitrogens is 1. The number of aliphatic hydroxyl groups excluding tert-OH is 2. The summed E-state index contributed by atoms with van der Waals surface area (Å²) in [5, 5.41) is 66.4. The normalized spacial score (nSPS) is 15.3. The Labute approximate surface area is 623 Å². The van der Waals surface area contributed by atoms with Crippen molar-refractivity contribution in [3.05, 3.63) is 18.2 Å². The van der Waals surface area contributed by atoms with E-state index < -0.39 is 230 Å². The van der Waals surface area contributed by atoms with E-state index in [1.54, 1.807) is 76.2 Å². The van der Waals surface area contributed by atoms with Crippen molar-refractivity contribution in [1.82, 2.24) is 89.7 Å².